The van der Waals surface area contributed by atoms with Gasteiger partial charge in [-0.05, 0) is 36.8 Å². The molecule has 0 fully saturated rings. The van der Waals surface area contributed by atoms with Gasteiger partial charge in [-0.3, -0.25) is 4.79 Å². The van der Waals surface area contributed by atoms with Crippen molar-refractivity contribution in [2.24, 2.45) is 0 Å². The number of aromatic nitrogens is 1. The fourth-order valence-corrected chi connectivity index (χ4v) is 4.08. The number of thiazole rings is 1. The van der Waals surface area contributed by atoms with E-state index in [4.69, 9.17) is 25.8 Å². The van der Waals surface area contributed by atoms with Gasteiger partial charge in [-0.2, -0.15) is 0 Å². The van der Waals surface area contributed by atoms with E-state index in [-0.39, 0.29) is 12.3 Å². The van der Waals surface area contributed by atoms with E-state index >= 15 is 0 Å². The van der Waals surface area contributed by atoms with E-state index in [1.54, 1.807) is 6.07 Å². The second kappa shape index (κ2) is 10.0. The molecule has 0 aliphatic carbocycles. The molecule has 0 saturated carbocycles. The zero-order valence-corrected chi connectivity index (χ0v) is 18.7. The molecule has 0 bridgehead atoms. The Morgan fingerprint density at radius 3 is 2.87 bits per heavy atom. The van der Waals surface area contributed by atoms with Gasteiger partial charge in [0.2, 0.25) is 5.91 Å². The van der Waals surface area contributed by atoms with Crippen molar-refractivity contribution in [3.05, 3.63) is 68.6 Å². The molecule has 8 heteroatoms. The molecule has 0 saturated heterocycles. The molecule has 1 N–H and O–H groups in total. The van der Waals surface area contributed by atoms with Crippen LogP contribution in [0.2, 0.25) is 5.02 Å². The zero-order valence-electron chi connectivity index (χ0n) is 17.2. The van der Waals surface area contributed by atoms with Crippen molar-refractivity contribution in [1.82, 2.24) is 10.3 Å². The lowest BCUT2D eigenvalue weighted by Gasteiger charge is -2.12. The van der Waals surface area contributed by atoms with E-state index in [0.29, 0.717) is 42.9 Å². The molecule has 0 spiro atoms. The number of amides is 1. The summed E-state index contributed by atoms with van der Waals surface area (Å²) in [5.41, 5.74) is 2.76. The zero-order chi connectivity index (χ0) is 21.6. The van der Waals surface area contributed by atoms with E-state index < -0.39 is 0 Å². The summed E-state index contributed by atoms with van der Waals surface area (Å²) >= 11 is 7.79. The maximum Gasteiger partial charge on any atom is 0.226 e. The second-order valence-electron chi connectivity index (χ2n) is 7.24. The van der Waals surface area contributed by atoms with Gasteiger partial charge < -0.3 is 19.5 Å². The lowest BCUT2D eigenvalue weighted by atomic mass is 10.2. The Hall–Kier alpha value is -2.77. The Bertz CT molecular complexity index is 1050. The molecule has 1 aliphatic heterocycles. The number of halogens is 1. The summed E-state index contributed by atoms with van der Waals surface area (Å²) in [4.78, 5) is 16.9. The average molecular weight is 459 g/mol. The number of ether oxygens (including phenoxy) is 3. The predicted molar refractivity (Wildman–Crippen MR) is 120 cm³/mol. The Morgan fingerprint density at radius 1 is 1.23 bits per heavy atom. The van der Waals surface area contributed by atoms with Gasteiger partial charge in [-0.25, -0.2) is 4.98 Å². The molecule has 3 aromatic rings. The van der Waals surface area contributed by atoms with Crippen molar-refractivity contribution in [2.75, 3.05) is 13.2 Å². The largest absolute Gasteiger partial charge is 0.489 e. The van der Waals surface area contributed by atoms with E-state index in [2.05, 4.69) is 10.3 Å². The Kier molecular flexibility index (Phi) is 6.94. The first-order valence-corrected chi connectivity index (χ1v) is 11.3. The van der Waals surface area contributed by atoms with Crippen LogP contribution in [0.25, 0.3) is 0 Å². The fraction of sp³-hybridized carbons (Fsp3) is 0.304. The summed E-state index contributed by atoms with van der Waals surface area (Å²) in [6.45, 7) is 3.92. The number of hydrogen-bond acceptors (Lipinski definition) is 6. The van der Waals surface area contributed by atoms with Gasteiger partial charge in [0, 0.05) is 18.3 Å². The smallest absolute Gasteiger partial charge is 0.226 e. The third-order valence-corrected chi connectivity index (χ3v) is 5.83. The van der Waals surface area contributed by atoms with Crippen molar-refractivity contribution in [2.45, 2.75) is 32.9 Å². The highest BCUT2D eigenvalue weighted by Gasteiger charge is 2.16. The summed E-state index contributed by atoms with van der Waals surface area (Å²) < 4.78 is 17.1. The molecule has 1 aliphatic rings. The topological polar surface area (TPSA) is 69.7 Å². The highest BCUT2D eigenvalue weighted by molar-refractivity contribution is 7.09. The molecule has 6 nitrogen and oxygen atoms in total. The standard InChI is InChI=1S/C23H23ClN2O4S/c1-15-3-5-18(6-4-15)30-13-22-26-17(14-31-22)11-21(27)25-12-16-9-19(24)23-20(10-16)28-7-2-8-29-23/h3-6,9-10,14H,2,7-8,11-13H2,1H3,(H,25,27). The monoisotopic (exact) mass is 458 g/mol. The number of carbonyl (C=O) groups excluding carboxylic acids is 1. The van der Waals surface area contributed by atoms with Crippen LogP contribution >= 0.6 is 22.9 Å². The minimum absolute atomic E-state index is 0.112. The van der Waals surface area contributed by atoms with Crippen LogP contribution in [0.3, 0.4) is 0 Å². The first kappa shape index (κ1) is 21.5. The number of hydrogen-bond donors (Lipinski definition) is 1. The summed E-state index contributed by atoms with van der Waals surface area (Å²) in [5, 5.41) is 6.11. The van der Waals surface area contributed by atoms with Gasteiger partial charge in [0.05, 0.1) is 30.4 Å². The van der Waals surface area contributed by atoms with Crippen LogP contribution in [-0.2, 0) is 24.4 Å². The molecule has 4 rings (SSSR count). The van der Waals surface area contributed by atoms with Crippen molar-refractivity contribution in [3.8, 4) is 17.2 Å². The van der Waals surface area contributed by atoms with Crippen LogP contribution in [-0.4, -0.2) is 24.1 Å². The number of nitrogens with one attached hydrogen (secondary N) is 1. The summed E-state index contributed by atoms with van der Waals surface area (Å²) in [7, 11) is 0. The SMILES string of the molecule is Cc1ccc(OCc2nc(CC(=O)NCc3cc(Cl)c4c(c3)OCCCO4)cs2)cc1. The molecule has 0 unspecified atom stereocenters. The number of nitrogens with zero attached hydrogens (tertiary/aromatic N) is 1. The molecular weight excluding hydrogens is 436 g/mol. The highest BCUT2D eigenvalue weighted by Crippen LogP contribution is 2.37. The molecule has 0 atom stereocenters. The van der Waals surface area contributed by atoms with Crippen molar-refractivity contribution in [3.63, 3.8) is 0 Å². The molecular formula is C23H23ClN2O4S. The predicted octanol–water partition coefficient (Wildman–Crippen LogP) is 4.70. The lowest BCUT2D eigenvalue weighted by molar-refractivity contribution is -0.120. The third-order valence-electron chi connectivity index (χ3n) is 4.68. The fourth-order valence-electron chi connectivity index (χ4n) is 3.09. The van der Waals surface area contributed by atoms with E-state index in [1.807, 2.05) is 42.6 Å². The van der Waals surface area contributed by atoms with Crippen molar-refractivity contribution < 1.29 is 19.0 Å². The van der Waals surface area contributed by atoms with Crippen LogP contribution in [0.5, 0.6) is 17.2 Å². The van der Waals surface area contributed by atoms with Crippen molar-refractivity contribution >= 4 is 28.8 Å². The molecule has 2 heterocycles. The number of carbonyl (C=O) groups is 1. The van der Waals surface area contributed by atoms with Crippen LogP contribution < -0.4 is 19.5 Å². The van der Waals surface area contributed by atoms with Crippen molar-refractivity contribution in [1.29, 1.82) is 0 Å². The Morgan fingerprint density at radius 2 is 2.03 bits per heavy atom. The molecule has 162 valence electrons. The number of fused-ring (bicyclic) bond motifs is 1. The van der Waals surface area contributed by atoms with Crippen LogP contribution in [0.1, 0.15) is 28.2 Å². The lowest BCUT2D eigenvalue weighted by Crippen LogP contribution is -2.24. The van der Waals surface area contributed by atoms with Gasteiger partial charge in [-0.15, -0.1) is 11.3 Å². The number of aryl methyl sites for hydroxylation is 1. The maximum atomic E-state index is 12.4. The molecule has 2 aromatic carbocycles. The third kappa shape index (κ3) is 5.89. The molecule has 1 aromatic heterocycles. The minimum Gasteiger partial charge on any atom is -0.489 e. The van der Waals surface area contributed by atoms with E-state index in [9.17, 15) is 4.79 Å². The summed E-state index contributed by atoms with van der Waals surface area (Å²) in [6.07, 6.45) is 1.02. The van der Waals surface area contributed by atoms with Gasteiger partial charge in [-0.1, -0.05) is 29.3 Å². The normalized spacial score (nSPS) is 12.8. The molecule has 0 radical (unpaired) electrons. The summed E-state index contributed by atoms with van der Waals surface area (Å²) in [5.74, 6) is 1.87. The molecule has 31 heavy (non-hydrogen) atoms. The first-order valence-electron chi connectivity index (χ1n) is 10.0. The van der Waals surface area contributed by atoms with Crippen LogP contribution in [0.15, 0.2) is 41.8 Å². The number of benzene rings is 2. The number of rotatable bonds is 7. The Balaban J connectivity index is 1.28. The van der Waals surface area contributed by atoms with Gasteiger partial charge in [0.1, 0.15) is 17.4 Å². The average Bonchev–Trinajstić information content (AvgIpc) is 3.05. The Labute approximate surface area is 190 Å². The van der Waals surface area contributed by atoms with Gasteiger partial charge in [0.15, 0.2) is 11.5 Å². The quantitative estimate of drug-likeness (QED) is 0.555. The van der Waals surface area contributed by atoms with E-state index in [0.717, 1.165) is 28.4 Å². The van der Waals surface area contributed by atoms with Gasteiger partial charge >= 0.3 is 0 Å². The van der Waals surface area contributed by atoms with E-state index in [1.165, 1.54) is 16.9 Å². The second-order valence-corrected chi connectivity index (χ2v) is 8.59. The van der Waals surface area contributed by atoms with Gasteiger partial charge in [0.25, 0.3) is 0 Å². The molecule has 1 amide bonds. The van der Waals surface area contributed by atoms with Crippen LogP contribution in [0, 0.1) is 6.92 Å². The van der Waals surface area contributed by atoms with Crippen LogP contribution in [0.4, 0.5) is 0 Å². The highest BCUT2D eigenvalue weighted by atomic mass is 35.5. The summed E-state index contributed by atoms with van der Waals surface area (Å²) in [6, 6.07) is 11.5. The first-order chi connectivity index (χ1) is 15.1. The minimum atomic E-state index is -0.112. The maximum absolute atomic E-state index is 12.4.